The Labute approximate surface area is 135 Å². The molecule has 4 nitrogen and oxygen atoms in total. The molecule has 0 radical (unpaired) electrons. The van der Waals surface area contributed by atoms with Crippen molar-refractivity contribution in [2.24, 2.45) is 0 Å². The predicted molar refractivity (Wildman–Crippen MR) is 79.4 cm³/mol. The van der Waals surface area contributed by atoms with Crippen LogP contribution in [0.2, 0.25) is 0 Å². The lowest BCUT2D eigenvalue weighted by Crippen LogP contribution is -2.36. The number of nitrogens with one attached hydrogen (secondary N) is 1. The number of rotatable bonds is 4. The maximum Gasteiger partial charge on any atom is 0.280 e. The number of amides is 1. The second kappa shape index (κ2) is 6.78. The lowest BCUT2D eigenvalue weighted by atomic mass is 9.95. The van der Waals surface area contributed by atoms with Crippen molar-refractivity contribution < 1.29 is 22.4 Å². The van der Waals surface area contributed by atoms with Gasteiger partial charge < -0.3 is 5.32 Å². The maximum absolute atomic E-state index is 13.1. The molecule has 1 N–H and O–H groups in total. The maximum atomic E-state index is 13.1. The molecule has 2 heterocycles. The van der Waals surface area contributed by atoms with Gasteiger partial charge in [-0.15, -0.1) is 0 Å². The van der Waals surface area contributed by atoms with Crippen molar-refractivity contribution in [2.45, 2.75) is 51.0 Å². The lowest BCUT2D eigenvalue weighted by molar-refractivity contribution is 0.0928. The van der Waals surface area contributed by atoms with E-state index in [0.717, 1.165) is 36.5 Å². The van der Waals surface area contributed by atoms with Crippen molar-refractivity contribution in [2.75, 3.05) is 0 Å². The average Bonchev–Trinajstić information content (AvgIpc) is 2.98. The Morgan fingerprint density at radius 3 is 2.50 bits per heavy atom. The van der Waals surface area contributed by atoms with Gasteiger partial charge in [-0.3, -0.25) is 9.20 Å². The van der Waals surface area contributed by atoms with Crippen LogP contribution in [0.15, 0.2) is 18.3 Å². The van der Waals surface area contributed by atoms with E-state index in [1.54, 1.807) is 0 Å². The molecule has 1 aliphatic carbocycles. The number of carbonyl (C=O) groups excluding carboxylic acids is 1. The number of nitrogens with zero attached hydrogens (tertiary/aromatic N) is 2. The van der Waals surface area contributed by atoms with Crippen molar-refractivity contribution in [3.05, 3.63) is 35.3 Å². The van der Waals surface area contributed by atoms with Gasteiger partial charge in [-0.1, -0.05) is 19.3 Å². The van der Waals surface area contributed by atoms with Crippen LogP contribution in [0.5, 0.6) is 0 Å². The molecule has 0 atom stereocenters. The van der Waals surface area contributed by atoms with Crippen LogP contribution in [0.25, 0.3) is 5.65 Å². The SMILES string of the molecule is O=C(NC1CCCCC1)c1ccn2c(C(F)F)cc(C(F)F)nc12. The van der Waals surface area contributed by atoms with Gasteiger partial charge in [0.25, 0.3) is 18.8 Å². The Morgan fingerprint density at radius 1 is 1.17 bits per heavy atom. The molecule has 0 bridgehead atoms. The summed E-state index contributed by atoms with van der Waals surface area (Å²) < 4.78 is 53.1. The van der Waals surface area contributed by atoms with E-state index in [-0.39, 0.29) is 17.3 Å². The predicted octanol–water partition coefficient (Wildman–Crippen LogP) is 4.27. The van der Waals surface area contributed by atoms with Crippen molar-refractivity contribution in [1.82, 2.24) is 14.7 Å². The summed E-state index contributed by atoms with van der Waals surface area (Å²) in [7, 11) is 0. The molecule has 2 aromatic rings. The Hall–Kier alpha value is -2.12. The Morgan fingerprint density at radius 2 is 1.88 bits per heavy atom. The van der Waals surface area contributed by atoms with E-state index in [2.05, 4.69) is 10.3 Å². The smallest absolute Gasteiger partial charge is 0.280 e. The number of alkyl halides is 4. The van der Waals surface area contributed by atoms with Crippen LogP contribution < -0.4 is 5.32 Å². The third-order valence-corrected chi connectivity index (χ3v) is 4.30. The summed E-state index contributed by atoms with van der Waals surface area (Å²) in [6.45, 7) is 0. The van der Waals surface area contributed by atoms with E-state index in [9.17, 15) is 22.4 Å². The molecule has 24 heavy (non-hydrogen) atoms. The highest BCUT2D eigenvalue weighted by Crippen LogP contribution is 2.27. The largest absolute Gasteiger partial charge is 0.349 e. The molecule has 0 spiro atoms. The van der Waals surface area contributed by atoms with Crippen LogP contribution in [-0.2, 0) is 0 Å². The molecule has 1 amide bonds. The molecule has 0 saturated heterocycles. The van der Waals surface area contributed by atoms with Gasteiger partial charge >= 0.3 is 0 Å². The molecular formula is C16H17F4N3O. The minimum atomic E-state index is -2.99. The monoisotopic (exact) mass is 343 g/mol. The first-order valence-corrected chi connectivity index (χ1v) is 7.86. The fraction of sp³-hybridized carbons (Fsp3) is 0.500. The van der Waals surface area contributed by atoms with Crippen LogP contribution in [0.3, 0.4) is 0 Å². The highest BCUT2D eigenvalue weighted by atomic mass is 19.3. The fourth-order valence-corrected chi connectivity index (χ4v) is 3.09. The molecular weight excluding hydrogens is 326 g/mol. The zero-order valence-corrected chi connectivity index (χ0v) is 12.8. The highest BCUT2D eigenvalue weighted by molar-refractivity contribution is 6.00. The quantitative estimate of drug-likeness (QED) is 0.843. The third kappa shape index (κ3) is 3.22. The van der Waals surface area contributed by atoms with Gasteiger partial charge in [0.1, 0.15) is 11.3 Å². The number of halogens is 4. The molecule has 8 heteroatoms. The molecule has 130 valence electrons. The van der Waals surface area contributed by atoms with Gasteiger partial charge in [0, 0.05) is 12.2 Å². The number of carbonyl (C=O) groups is 1. The van der Waals surface area contributed by atoms with E-state index in [1.165, 1.54) is 12.3 Å². The van der Waals surface area contributed by atoms with E-state index in [4.69, 9.17) is 0 Å². The summed E-state index contributed by atoms with van der Waals surface area (Å²) in [6.07, 6.45) is 0.194. The standard InChI is InChI=1S/C16H17F4N3O/c17-13(18)11-8-12(14(19)20)23-7-6-10(15(23)22-11)16(24)21-9-4-2-1-3-5-9/h6-9,13-14H,1-5H2,(H,21,24). The summed E-state index contributed by atoms with van der Waals surface area (Å²) in [5.74, 6) is -0.469. The lowest BCUT2D eigenvalue weighted by Gasteiger charge is -2.22. The molecule has 1 saturated carbocycles. The number of hydrogen-bond donors (Lipinski definition) is 1. The van der Waals surface area contributed by atoms with Crippen LogP contribution in [0.1, 0.15) is 66.7 Å². The van der Waals surface area contributed by atoms with Crippen LogP contribution in [-0.4, -0.2) is 21.3 Å². The van der Waals surface area contributed by atoms with E-state index in [1.807, 2.05) is 0 Å². The van der Waals surface area contributed by atoms with E-state index in [0.29, 0.717) is 6.07 Å². The topological polar surface area (TPSA) is 46.4 Å². The zero-order valence-electron chi connectivity index (χ0n) is 12.8. The number of fused-ring (bicyclic) bond motifs is 1. The van der Waals surface area contributed by atoms with Crippen molar-refractivity contribution in [1.29, 1.82) is 0 Å². The zero-order chi connectivity index (χ0) is 17.3. The normalized spacial score (nSPS) is 16.2. The summed E-state index contributed by atoms with van der Waals surface area (Å²) in [5, 5.41) is 2.84. The number of aromatic nitrogens is 2. The molecule has 0 aliphatic heterocycles. The Bertz CT molecular complexity index is 738. The molecule has 0 aromatic carbocycles. The van der Waals surface area contributed by atoms with Gasteiger partial charge in [0.05, 0.1) is 11.3 Å². The first-order chi connectivity index (χ1) is 11.5. The molecule has 2 aromatic heterocycles. The van der Waals surface area contributed by atoms with Crippen LogP contribution >= 0.6 is 0 Å². The molecule has 1 fully saturated rings. The first kappa shape index (κ1) is 16.7. The third-order valence-electron chi connectivity index (χ3n) is 4.30. The second-order valence-corrected chi connectivity index (χ2v) is 5.94. The minimum Gasteiger partial charge on any atom is -0.349 e. The molecule has 0 unspecified atom stereocenters. The highest BCUT2D eigenvalue weighted by Gasteiger charge is 2.24. The second-order valence-electron chi connectivity index (χ2n) is 5.94. The Balaban J connectivity index is 1.97. The minimum absolute atomic E-state index is 0.0223. The van der Waals surface area contributed by atoms with Gasteiger partial charge in [-0.05, 0) is 25.0 Å². The average molecular weight is 343 g/mol. The fourth-order valence-electron chi connectivity index (χ4n) is 3.09. The van der Waals surface area contributed by atoms with Gasteiger partial charge in [-0.25, -0.2) is 22.5 Å². The van der Waals surface area contributed by atoms with Crippen molar-refractivity contribution in [3.8, 4) is 0 Å². The summed E-state index contributed by atoms with van der Waals surface area (Å²) in [6, 6.07) is 2.03. The van der Waals surface area contributed by atoms with E-state index >= 15 is 0 Å². The van der Waals surface area contributed by atoms with Crippen molar-refractivity contribution in [3.63, 3.8) is 0 Å². The van der Waals surface area contributed by atoms with E-state index < -0.39 is 30.1 Å². The van der Waals surface area contributed by atoms with Crippen molar-refractivity contribution >= 4 is 11.6 Å². The molecule has 3 rings (SSSR count). The molecule has 1 aliphatic rings. The summed E-state index contributed by atoms with van der Waals surface area (Å²) in [5.41, 5.74) is -1.50. The summed E-state index contributed by atoms with van der Waals surface area (Å²) in [4.78, 5) is 16.1. The van der Waals surface area contributed by atoms with Crippen LogP contribution in [0.4, 0.5) is 17.6 Å². The Kier molecular flexibility index (Phi) is 4.73. The first-order valence-electron chi connectivity index (χ1n) is 7.86. The summed E-state index contributed by atoms with van der Waals surface area (Å²) >= 11 is 0. The van der Waals surface area contributed by atoms with Crippen LogP contribution in [0, 0.1) is 0 Å². The number of hydrogen-bond acceptors (Lipinski definition) is 2. The van der Waals surface area contributed by atoms with Gasteiger partial charge in [0.15, 0.2) is 0 Å². The van der Waals surface area contributed by atoms with Gasteiger partial charge in [-0.2, -0.15) is 0 Å². The van der Waals surface area contributed by atoms with Gasteiger partial charge in [0.2, 0.25) is 0 Å².